The van der Waals surface area contributed by atoms with Crippen molar-refractivity contribution in [2.45, 2.75) is 13.8 Å². The number of nitrogens with one attached hydrogen (secondary N) is 2. The second kappa shape index (κ2) is 5.26. The van der Waals surface area contributed by atoms with E-state index in [4.69, 9.17) is 11.6 Å². The second-order valence-corrected chi connectivity index (χ2v) is 5.52. The third-order valence-electron chi connectivity index (χ3n) is 3.64. The van der Waals surface area contributed by atoms with Gasteiger partial charge in [-0.25, -0.2) is 0 Å². The van der Waals surface area contributed by atoms with Crippen molar-refractivity contribution in [3.8, 4) is 0 Å². The maximum absolute atomic E-state index is 12.5. The van der Waals surface area contributed by atoms with E-state index < -0.39 is 0 Å². The van der Waals surface area contributed by atoms with E-state index in [2.05, 4.69) is 10.3 Å². The van der Waals surface area contributed by atoms with E-state index in [0.29, 0.717) is 10.7 Å². The molecule has 0 atom stereocenters. The van der Waals surface area contributed by atoms with E-state index in [9.17, 15) is 4.79 Å². The van der Waals surface area contributed by atoms with Crippen molar-refractivity contribution in [1.29, 1.82) is 0 Å². The summed E-state index contributed by atoms with van der Waals surface area (Å²) in [4.78, 5) is 15.6. The average molecular weight is 299 g/mol. The van der Waals surface area contributed by atoms with Crippen LogP contribution in [-0.2, 0) is 0 Å². The fourth-order valence-electron chi connectivity index (χ4n) is 2.44. The first-order valence-electron chi connectivity index (χ1n) is 6.71. The number of amides is 1. The van der Waals surface area contributed by atoms with Gasteiger partial charge in [-0.3, -0.25) is 4.79 Å². The van der Waals surface area contributed by atoms with Crippen LogP contribution in [0.25, 0.3) is 10.9 Å². The van der Waals surface area contributed by atoms with Gasteiger partial charge in [-0.05, 0) is 43.2 Å². The van der Waals surface area contributed by atoms with Crippen molar-refractivity contribution in [3.63, 3.8) is 0 Å². The number of fused-ring (bicyclic) bond motifs is 1. The molecule has 0 spiro atoms. The smallest absolute Gasteiger partial charge is 0.272 e. The van der Waals surface area contributed by atoms with E-state index in [1.165, 1.54) is 0 Å². The molecule has 3 rings (SSSR count). The maximum atomic E-state index is 12.5. The van der Waals surface area contributed by atoms with Gasteiger partial charge in [0.2, 0.25) is 0 Å². The lowest BCUT2D eigenvalue weighted by Crippen LogP contribution is -2.14. The van der Waals surface area contributed by atoms with Crippen LogP contribution in [0.3, 0.4) is 0 Å². The van der Waals surface area contributed by atoms with E-state index in [0.717, 1.165) is 27.7 Å². The molecule has 0 radical (unpaired) electrons. The molecule has 106 valence electrons. The highest BCUT2D eigenvalue weighted by molar-refractivity contribution is 6.31. The number of carbonyl (C=O) groups is 1. The Morgan fingerprint density at radius 2 is 1.90 bits per heavy atom. The van der Waals surface area contributed by atoms with Gasteiger partial charge in [0, 0.05) is 21.6 Å². The molecule has 4 heteroatoms. The molecule has 0 aliphatic carbocycles. The maximum Gasteiger partial charge on any atom is 0.272 e. The number of hydrogen-bond acceptors (Lipinski definition) is 1. The number of anilines is 1. The van der Waals surface area contributed by atoms with E-state index in [1.807, 2.05) is 56.3 Å². The highest BCUT2D eigenvalue weighted by Gasteiger charge is 2.15. The molecule has 1 aromatic heterocycles. The minimum atomic E-state index is -0.144. The lowest BCUT2D eigenvalue weighted by atomic mass is 10.1. The third-order valence-corrected chi connectivity index (χ3v) is 3.88. The van der Waals surface area contributed by atoms with Gasteiger partial charge in [-0.15, -0.1) is 0 Å². The first kappa shape index (κ1) is 13.7. The van der Waals surface area contributed by atoms with Crippen LogP contribution < -0.4 is 5.32 Å². The Bertz CT molecular complexity index is 836. The van der Waals surface area contributed by atoms with Gasteiger partial charge in [0.15, 0.2) is 0 Å². The van der Waals surface area contributed by atoms with Gasteiger partial charge in [0.25, 0.3) is 5.91 Å². The summed E-state index contributed by atoms with van der Waals surface area (Å²) in [5.41, 5.74) is 4.21. The van der Waals surface area contributed by atoms with Crippen LogP contribution in [0.15, 0.2) is 42.5 Å². The van der Waals surface area contributed by atoms with Crippen LogP contribution in [0.5, 0.6) is 0 Å². The van der Waals surface area contributed by atoms with Crippen molar-refractivity contribution in [3.05, 3.63) is 64.3 Å². The van der Waals surface area contributed by atoms with Gasteiger partial charge in [-0.2, -0.15) is 0 Å². The standard InChI is InChI=1S/C17H15ClN2O/c1-10-5-3-4-6-14(10)20-17(21)16-11(2)13-8-7-12(18)9-15(13)19-16/h3-9,19H,1-2H3,(H,20,21). The Morgan fingerprint density at radius 1 is 1.14 bits per heavy atom. The summed E-state index contributed by atoms with van der Waals surface area (Å²) in [7, 11) is 0. The predicted molar refractivity (Wildman–Crippen MR) is 87.2 cm³/mol. The fraction of sp³-hybridized carbons (Fsp3) is 0.118. The minimum Gasteiger partial charge on any atom is -0.350 e. The summed E-state index contributed by atoms with van der Waals surface area (Å²) in [6.07, 6.45) is 0. The molecule has 3 aromatic rings. The number of rotatable bonds is 2. The molecule has 0 aliphatic rings. The average Bonchev–Trinajstić information content (AvgIpc) is 2.78. The molecule has 0 fully saturated rings. The van der Waals surface area contributed by atoms with Gasteiger partial charge in [0.05, 0.1) is 0 Å². The molecule has 21 heavy (non-hydrogen) atoms. The lowest BCUT2D eigenvalue weighted by molar-refractivity contribution is 0.102. The van der Waals surface area contributed by atoms with E-state index in [-0.39, 0.29) is 5.91 Å². The molecule has 1 heterocycles. The number of H-pyrrole nitrogens is 1. The molecule has 1 amide bonds. The zero-order chi connectivity index (χ0) is 15.0. The van der Waals surface area contributed by atoms with Crippen molar-refractivity contribution in [2.75, 3.05) is 5.32 Å². The number of aryl methyl sites for hydroxylation is 2. The number of benzene rings is 2. The molecule has 0 unspecified atom stereocenters. The number of hydrogen-bond donors (Lipinski definition) is 2. The Hall–Kier alpha value is -2.26. The molecule has 2 aromatic carbocycles. The molecule has 0 bridgehead atoms. The quantitative estimate of drug-likeness (QED) is 0.708. The van der Waals surface area contributed by atoms with Crippen LogP contribution in [0.2, 0.25) is 5.02 Å². The SMILES string of the molecule is Cc1ccccc1NC(=O)c1[nH]c2cc(Cl)ccc2c1C. The normalized spacial score (nSPS) is 10.8. The molecule has 0 saturated carbocycles. The second-order valence-electron chi connectivity index (χ2n) is 5.08. The van der Waals surface area contributed by atoms with Crippen molar-refractivity contribution in [1.82, 2.24) is 4.98 Å². The Kier molecular flexibility index (Phi) is 3.43. The molecule has 0 saturated heterocycles. The Morgan fingerprint density at radius 3 is 2.67 bits per heavy atom. The van der Waals surface area contributed by atoms with Crippen LogP contribution in [-0.4, -0.2) is 10.9 Å². The van der Waals surface area contributed by atoms with Crippen molar-refractivity contribution >= 4 is 34.1 Å². The van der Waals surface area contributed by atoms with Gasteiger partial charge in [0.1, 0.15) is 5.69 Å². The largest absolute Gasteiger partial charge is 0.350 e. The summed E-state index contributed by atoms with van der Waals surface area (Å²) in [5, 5.41) is 4.60. The topological polar surface area (TPSA) is 44.9 Å². The van der Waals surface area contributed by atoms with Crippen LogP contribution in [0.1, 0.15) is 21.6 Å². The first-order valence-corrected chi connectivity index (χ1v) is 7.09. The van der Waals surface area contributed by atoms with Crippen LogP contribution in [0.4, 0.5) is 5.69 Å². The number of carbonyl (C=O) groups excluding carboxylic acids is 1. The number of aromatic amines is 1. The molecular formula is C17H15ClN2O. The Balaban J connectivity index is 1.98. The summed E-state index contributed by atoms with van der Waals surface area (Å²) < 4.78 is 0. The Labute approximate surface area is 127 Å². The zero-order valence-corrected chi connectivity index (χ0v) is 12.6. The summed E-state index contributed by atoms with van der Waals surface area (Å²) in [6, 6.07) is 13.3. The van der Waals surface area contributed by atoms with Gasteiger partial charge >= 0.3 is 0 Å². The fourth-order valence-corrected chi connectivity index (χ4v) is 2.61. The zero-order valence-electron chi connectivity index (χ0n) is 11.8. The van der Waals surface area contributed by atoms with Crippen molar-refractivity contribution < 1.29 is 4.79 Å². The number of para-hydroxylation sites is 1. The molecule has 0 aliphatic heterocycles. The number of halogens is 1. The molecule has 3 nitrogen and oxygen atoms in total. The lowest BCUT2D eigenvalue weighted by Gasteiger charge is -2.07. The van der Waals surface area contributed by atoms with Gasteiger partial charge < -0.3 is 10.3 Å². The van der Waals surface area contributed by atoms with E-state index in [1.54, 1.807) is 0 Å². The van der Waals surface area contributed by atoms with Crippen LogP contribution >= 0.6 is 11.6 Å². The van der Waals surface area contributed by atoms with E-state index >= 15 is 0 Å². The van der Waals surface area contributed by atoms with Crippen LogP contribution in [0, 0.1) is 13.8 Å². The highest BCUT2D eigenvalue weighted by Crippen LogP contribution is 2.25. The molecule has 2 N–H and O–H groups in total. The molecular weight excluding hydrogens is 284 g/mol. The first-order chi connectivity index (χ1) is 10.1. The highest BCUT2D eigenvalue weighted by atomic mass is 35.5. The number of aromatic nitrogens is 1. The van der Waals surface area contributed by atoms with Crippen molar-refractivity contribution in [2.24, 2.45) is 0 Å². The predicted octanol–water partition coefficient (Wildman–Crippen LogP) is 4.69. The minimum absolute atomic E-state index is 0.144. The monoisotopic (exact) mass is 298 g/mol. The third kappa shape index (κ3) is 2.52. The summed E-state index contributed by atoms with van der Waals surface area (Å²) in [5.74, 6) is -0.144. The summed E-state index contributed by atoms with van der Waals surface area (Å²) in [6.45, 7) is 3.90. The summed E-state index contributed by atoms with van der Waals surface area (Å²) >= 11 is 5.99. The van der Waals surface area contributed by atoms with Gasteiger partial charge in [-0.1, -0.05) is 35.9 Å².